The Morgan fingerprint density at radius 1 is 1.39 bits per heavy atom. The summed E-state index contributed by atoms with van der Waals surface area (Å²) in [5.41, 5.74) is -0.604. The van der Waals surface area contributed by atoms with Gasteiger partial charge < -0.3 is 14.2 Å². The van der Waals surface area contributed by atoms with Crippen molar-refractivity contribution in [3.8, 4) is 0 Å². The standard InChI is InChI=1S/C14H26O4/c1-6-7-8-13(17-11-16-5)9-10-14(3,4)18-12(2)15/h9-10,13H,6-8,11H2,1-5H3/b10-9+. The summed E-state index contributed by atoms with van der Waals surface area (Å²) >= 11 is 0. The molecule has 0 aliphatic carbocycles. The highest BCUT2D eigenvalue weighted by molar-refractivity contribution is 5.66. The van der Waals surface area contributed by atoms with E-state index in [0.717, 1.165) is 19.3 Å². The molecule has 1 atom stereocenters. The fourth-order valence-corrected chi connectivity index (χ4v) is 1.54. The number of hydrogen-bond donors (Lipinski definition) is 0. The van der Waals surface area contributed by atoms with E-state index in [4.69, 9.17) is 14.2 Å². The fraction of sp³-hybridized carbons (Fsp3) is 0.786. The molecule has 0 saturated carbocycles. The highest BCUT2D eigenvalue weighted by Gasteiger charge is 2.17. The molecule has 0 fully saturated rings. The number of hydrogen-bond acceptors (Lipinski definition) is 4. The Bertz CT molecular complexity index is 251. The van der Waals surface area contributed by atoms with Gasteiger partial charge in [-0.1, -0.05) is 25.8 Å². The molecule has 4 heteroatoms. The van der Waals surface area contributed by atoms with Crippen LogP contribution in [0, 0.1) is 0 Å². The number of carbonyl (C=O) groups is 1. The first kappa shape index (κ1) is 17.1. The lowest BCUT2D eigenvalue weighted by molar-refractivity contribution is -0.149. The van der Waals surface area contributed by atoms with Crippen molar-refractivity contribution in [1.29, 1.82) is 0 Å². The number of rotatable bonds is 9. The van der Waals surface area contributed by atoms with E-state index in [0.29, 0.717) is 0 Å². The van der Waals surface area contributed by atoms with Gasteiger partial charge in [-0.05, 0) is 26.3 Å². The van der Waals surface area contributed by atoms with Crippen LogP contribution in [0.3, 0.4) is 0 Å². The third-order valence-corrected chi connectivity index (χ3v) is 2.36. The Balaban J connectivity index is 4.38. The van der Waals surface area contributed by atoms with Crippen LogP contribution in [0.25, 0.3) is 0 Å². The average Bonchev–Trinajstić information content (AvgIpc) is 2.26. The molecule has 1 unspecified atom stereocenters. The zero-order chi connectivity index (χ0) is 14.0. The lowest BCUT2D eigenvalue weighted by Gasteiger charge is -2.21. The monoisotopic (exact) mass is 258 g/mol. The zero-order valence-electron chi connectivity index (χ0n) is 12.2. The first-order valence-corrected chi connectivity index (χ1v) is 6.40. The molecule has 0 amide bonds. The number of methoxy groups -OCH3 is 1. The van der Waals surface area contributed by atoms with Gasteiger partial charge in [0.05, 0.1) is 6.10 Å². The summed E-state index contributed by atoms with van der Waals surface area (Å²) in [6.07, 6.45) is 6.95. The fourth-order valence-electron chi connectivity index (χ4n) is 1.54. The summed E-state index contributed by atoms with van der Waals surface area (Å²) in [4.78, 5) is 10.9. The van der Waals surface area contributed by atoms with Crippen LogP contribution in [0.4, 0.5) is 0 Å². The molecule has 0 saturated heterocycles. The van der Waals surface area contributed by atoms with E-state index >= 15 is 0 Å². The molecule has 0 aliphatic rings. The van der Waals surface area contributed by atoms with Crippen LogP contribution in [0.1, 0.15) is 47.0 Å². The van der Waals surface area contributed by atoms with Crippen molar-refractivity contribution in [3.05, 3.63) is 12.2 Å². The van der Waals surface area contributed by atoms with Crippen LogP contribution in [-0.2, 0) is 19.0 Å². The summed E-state index contributed by atoms with van der Waals surface area (Å²) < 4.78 is 15.6. The lowest BCUT2D eigenvalue weighted by atomic mass is 10.1. The first-order valence-electron chi connectivity index (χ1n) is 6.40. The molecule has 0 bridgehead atoms. The molecule has 106 valence electrons. The molecule has 0 spiro atoms. The normalized spacial score (nSPS) is 13.8. The smallest absolute Gasteiger partial charge is 0.303 e. The summed E-state index contributed by atoms with van der Waals surface area (Å²) in [5.74, 6) is -0.285. The van der Waals surface area contributed by atoms with Crippen LogP contribution in [0.2, 0.25) is 0 Å². The molecule has 0 N–H and O–H groups in total. The second-order valence-corrected chi connectivity index (χ2v) is 4.81. The average molecular weight is 258 g/mol. The lowest BCUT2D eigenvalue weighted by Crippen LogP contribution is -2.25. The van der Waals surface area contributed by atoms with Gasteiger partial charge in [0.15, 0.2) is 0 Å². The van der Waals surface area contributed by atoms with Crippen molar-refractivity contribution in [1.82, 2.24) is 0 Å². The van der Waals surface area contributed by atoms with Gasteiger partial charge >= 0.3 is 5.97 Å². The first-order chi connectivity index (χ1) is 8.41. The van der Waals surface area contributed by atoms with Gasteiger partial charge in [0.25, 0.3) is 0 Å². The molecular weight excluding hydrogens is 232 g/mol. The second kappa shape index (κ2) is 9.11. The van der Waals surface area contributed by atoms with E-state index in [9.17, 15) is 4.79 Å². The number of unbranched alkanes of at least 4 members (excludes halogenated alkanes) is 1. The Morgan fingerprint density at radius 2 is 2.06 bits per heavy atom. The highest BCUT2D eigenvalue weighted by atomic mass is 16.7. The third kappa shape index (κ3) is 9.19. The Labute approximate surface area is 110 Å². The predicted molar refractivity (Wildman–Crippen MR) is 71.3 cm³/mol. The van der Waals surface area contributed by atoms with E-state index in [-0.39, 0.29) is 18.9 Å². The highest BCUT2D eigenvalue weighted by Crippen LogP contribution is 2.14. The molecule has 0 heterocycles. The Kier molecular flexibility index (Phi) is 8.67. The molecule has 18 heavy (non-hydrogen) atoms. The SMILES string of the molecule is CCCCC(/C=C/C(C)(C)OC(C)=O)OCOC. The van der Waals surface area contributed by atoms with Gasteiger partial charge in [-0.15, -0.1) is 0 Å². The quantitative estimate of drug-likeness (QED) is 0.362. The minimum Gasteiger partial charge on any atom is -0.456 e. The van der Waals surface area contributed by atoms with Gasteiger partial charge in [0.1, 0.15) is 12.4 Å². The van der Waals surface area contributed by atoms with Crippen molar-refractivity contribution in [2.45, 2.75) is 58.7 Å². The second-order valence-electron chi connectivity index (χ2n) is 4.81. The Hall–Kier alpha value is -0.870. The van der Waals surface area contributed by atoms with Gasteiger partial charge in [-0.2, -0.15) is 0 Å². The van der Waals surface area contributed by atoms with Gasteiger partial charge in [0, 0.05) is 14.0 Å². The van der Waals surface area contributed by atoms with E-state index < -0.39 is 5.60 Å². The Morgan fingerprint density at radius 3 is 2.56 bits per heavy atom. The van der Waals surface area contributed by atoms with E-state index in [1.807, 2.05) is 26.0 Å². The van der Waals surface area contributed by atoms with Gasteiger partial charge in [0.2, 0.25) is 0 Å². The minimum absolute atomic E-state index is 0.000247. The van der Waals surface area contributed by atoms with Crippen LogP contribution in [0.5, 0.6) is 0 Å². The number of carbonyl (C=O) groups excluding carboxylic acids is 1. The van der Waals surface area contributed by atoms with Crippen LogP contribution < -0.4 is 0 Å². The molecule has 0 rings (SSSR count). The van der Waals surface area contributed by atoms with Crippen molar-refractivity contribution in [3.63, 3.8) is 0 Å². The van der Waals surface area contributed by atoms with Crippen molar-refractivity contribution < 1.29 is 19.0 Å². The van der Waals surface area contributed by atoms with Crippen LogP contribution >= 0.6 is 0 Å². The van der Waals surface area contributed by atoms with Gasteiger partial charge in [-0.25, -0.2) is 0 Å². The van der Waals surface area contributed by atoms with Gasteiger partial charge in [-0.3, -0.25) is 4.79 Å². The topological polar surface area (TPSA) is 44.8 Å². The molecule has 0 radical (unpaired) electrons. The molecule has 0 aromatic carbocycles. The third-order valence-electron chi connectivity index (χ3n) is 2.36. The summed E-state index contributed by atoms with van der Waals surface area (Å²) in [5, 5.41) is 0. The summed E-state index contributed by atoms with van der Waals surface area (Å²) in [7, 11) is 1.60. The minimum atomic E-state index is -0.604. The van der Waals surface area contributed by atoms with Crippen molar-refractivity contribution in [2.24, 2.45) is 0 Å². The van der Waals surface area contributed by atoms with Crippen LogP contribution in [-0.4, -0.2) is 31.6 Å². The van der Waals surface area contributed by atoms with E-state index in [1.54, 1.807) is 7.11 Å². The maximum atomic E-state index is 10.9. The van der Waals surface area contributed by atoms with Crippen LogP contribution in [0.15, 0.2) is 12.2 Å². The summed E-state index contributed by atoms with van der Waals surface area (Å²) in [6, 6.07) is 0. The van der Waals surface area contributed by atoms with E-state index in [2.05, 4.69) is 6.92 Å². The van der Waals surface area contributed by atoms with Crippen molar-refractivity contribution >= 4 is 5.97 Å². The van der Waals surface area contributed by atoms with E-state index in [1.165, 1.54) is 6.92 Å². The molecule has 0 aliphatic heterocycles. The molecule has 4 nitrogen and oxygen atoms in total. The maximum Gasteiger partial charge on any atom is 0.303 e. The largest absolute Gasteiger partial charge is 0.456 e. The maximum absolute atomic E-state index is 10.9. The molecular formula is C14H26O4. The molecule has 0 aromatic heterocycles. The summed E-state index contributed by atoms with van der Waals surface area (Å²) in [6.45, 7) is 7.51. The number of ether oxygens (including phenoxy) is 3. The molecule has 0 aromatic rings. The predicted octanol–water partition coefficient (Wildman–Crippen LogP) is 3.06. The van der Waals surface area contributed by atoms with Crippen molar-refractivity contribution in [2.75, 3.05) is 13.9 Å². The number of esters is 1. The zero-order valence-corrected chi connectivity index (χ0v) is 12.2.